The number of halogens is 2. The molecule has 24 heavy (non-hydrogen) atoms. The Labute approximate surface area is 148 Å². The molecule has 1 aliphatic heterocycles. The van der Waals surface area contributed by atoms with E-state index in [1.165, 1.54) is 13.2 Å². The maximum Gasteiger partial charge on any atom is 0.282 e. The van der Waals surface area contributed by atoms with E-state index in [2.05, 4.69) is 5.43 Å². The Hall–Kier alpha value is -2.50. The van der Waals surface area contributed by atoms with Crippen LogP contribution in [0, 0.1) is 0 Å². The van der Waals surface area contributed by atoms with Crippen molar-refractivity contribution in [2.24, 2.45) is 0 Å². The van der Waals surface area contributed by atoms with Crippen LogP contribution in [0.15, 0.2) is 48.0 Å². The van der Waals surface area contributed by atoms with Crippen LogP contribution in [-0.2, 0) is 9.59 Å². The molecule has 0 atom stereocenters. The second-order valence-corrected chi connectivity index (χ2v) is 5.88. The van der Waals surface area contributed by atoms with Gasteiger partial charge in [0.05, 0.1) is 12.8 Å². The van der Waals surface area contributed by atoms with Crippen molar-refractivity contribution in [1.29, 1.82) is 0 Å². The quantitative estimate of drug-likeness (QED) is 0.671. The highest BCUT2D eigenvalue weighted by atomic mass is 35.5. The molecule has 122 valence electrons. The van der Waals surface area contributed by atoms with Crippen molar-refractivity contribution in [2.45, 2.75) is 0 Å². The summed E-state index contributed by atoms with van der Waals surface area (Å²) >= 11 is 11.9. The minimum atomic E-state index is -0.512. The summed E-state index contributed by atoms with van der Waals surface area (Å²) in [6.45, 7) is 0. The second-order valence-electron chi connectivity index (χ2n) is 5.01. The number of benzene rings is 2. The molecule has 0 unspecified atom stereocenters. The Balaban J connectivity index is 1.99. The zero-order valence-electron chi connectivity index (χ0n) is 12.5. The lowest BCUT2D eigenvalue weighted by atomic mass is 10.1. The van der Waals surface area contributed by atoms with Crippen LogP contribution in [-0.4, -0.2) is 18.9 Å². The third-order valence-corrected chi connectivity index (χ3v) is 3.92. The first-order valence-electron chi connectivity index (χ1n) is 6.96. The third kappa shape index (κ3) is 3.09. The van der Waals surface area contributed by atoms with Crippen LogP contribution >= 0.6 is 23.2 Å². The number of hydrazine groups is 1. The molecule has 0 bridgehead atoms. The average molecular weight is 363 g/mol. The molecule has 0 aliphatic carbocycles. The number of methoxy groups -OCH3 is 1. The van der Waals surface area contributed by atoms with E-state index in [4.69, 9.17) is 27.9 Å². The van der Waals surface area contributed by atoms with Gasteiger partial charge in [-0.2, -0.15) is 0 Å². The van der Waals surface area contributed by atoms with E-state index in [0.29, 0.717) is 27.0 Å². The van der Waals surface area contributed by atoms with Crippen molar-refractivity contribution in [3.8, 4) is 5.75 Å². The van der Waals surface area contributed by atoms with E-state index >= 15 is 0 Å². The highest BCUT2D eigenvalue weighted by Gasteiger charge is 2.34. The van der Waals surface area contributed by atoms with Crippen LogP contribution in [0.3, 0.4) is 0 Å². The molecule has 2 aromatic carbocycles. The van der Waals surface area contributed by atoms with Gasteiger partial charge >= 0.3 is 0 Å². The first-order chi connectivity index (χ1) is 11.5. The van der Waals surface area contributed by atoms with Gasteiger partial charge in [0.15, 0.2) is 0 Å². The van der Waals surface area contributed by atoms with Gasteiger partial charge in [-0.05, 0) is 42.5 Å². The molecular weight excluding hydrogens is 351 g/mol. The number of carbonyl (C=O) groups excluding carboxylic acids is 2. The number of hydrogen-bond donors (Lipinski definition) is 1. The van der Waals surface area contributed by atoms with Crippen LogP contribution in [0.1, 0.15) is 5.56 Å². The highest BCUT2D eigenvalue weighted by molar-refractivity contribution is 6.33. The molecule has 0 radical (unpaired) electrons. The Morgan fingerprint density at radius 3 is 2.54 bits per heavy atom. The van der Waals surface area contributed by atoms with Crippen LogP contribution < -0.4 is 15.2 Å². The van der Waals surface area contributed by atoms with Crippen molar-refractivity contribution in [2.75, 3.05) is 12.1 Å². The summed E-state index contributed by atoms with van der Waals surface area (Å²) in [7, 11) is 1.50. The number of carbonyl (C=O) groups is 2. The van der Waals surface area contributed by atoms with Crippen molar-refractivity contribution in [3.63, 3.8) is 0 Å². The predicted octanol–water partition coefficient (Wildman–Crippen LogP) is 3.46. The molecule has 3 rings (SSSR count). The normalized spacial score (nSPS) is 15.8. The Morgan fingerprint density at radius 1 is 1.08 bits per heavy atom. The summed E-state index contributed by atoms with van der Waals surface area (Å²) in [5.41, 5.74) is 3.51. The van der Waals surface area contributed by atoms with Crippen LogP contribution in [0.25, 0.3) is 6.08 Å². The molecule has 1 N–H and O–H groups in total. The molecule has 2 amide bonds. The lowest BCUT2D eigenvalue weighted by Crippen LogP contribution is -2.35. The van der Waals surface area contributed by atoms with E-state index in [1.54, 1.807) is 42.5 Å². The fraction of sp³-hybridized carbons (Fsp3) is 0.0588. The molecular formula is C17H12Cl2N2O3. The summed E-state index contributed by atoms with van der Waals surface area (Å²) in [5, 5.41) is 2.08. The molecule has 1 fully saturated rings. The predicted molar refractivity (Wildman–Crippen MR) is 93.1 cm³/mol. The number of ether oxygens (including phenoxy) is 1. The summed E-state index contributed by atoms with van der Waals surface area (Å²) < 4.78 is 5.23. The Kier molecular flexibility index (Phi) is 4.46. The van der Waals surface area contributed by atoms with Crippen LogP contribution in [0.5, 0.6) is 5.75 Å². The zero-order chi connectivity index (χ0) is 17.3. The molecule has 7 heteroatoms. The van der Waals surface area contributed by atoms with Crippen molar-refractivity contribution >= 4 is 46.8 Å². The Morgan fingerprint density at radius 2 is 1.83 bits per heavy atom. The summed E-state index contributed by atoms with van der Waals surface area (Å²) in [5.74, 6) is -0.486. The molecule has 1 aliphatic rings. The van der Waals surface area contributed by atoms with E-state index in [-0.39, 0.29) is 5.57 Å². The number of anilines is 1. The summed E-state index contributed by atoms with van der Waals surface area (Å²) in [6, 6.07) is 11.6. The van der Waals surface area contributed by atoms with Gasteiger partial charge in [0.25, 0.3) is 11.8 Å². The first kappa shape index (κ1) is 16.4. The number of nitrogens with one attached hydrogen (secondary N) is 1. The fourth-order valence-corrected chi connectivity index (χ4v) is 2.69. The van der Waals surface area contributed by atoms with Gasteiger partial charge in [-0.15, -0.1) is 0 Å². The average Bonchev–Trinajstić information content (AvgIpc) is 2.83. The summed E-state index contributed by atoms with van der Waals surface area (Å²) in [4.78, 5) is 24.8. The lowest BCUT2D eigenvalue weighted by Gasteiger charge is -2.14. The smallest absolute Gasteiger partial charge is 0.282 e. The molecule has 1 heterocycles. The standard InChI is InChI=1S/C17H12Cl2N2O3/c1-24-15-6-5-12(19)7-10(15)8-14-16(22)20-21(17(14)23)13-4-2-3-11(18)9-13/h2-9H,1H3,(H,20,22)/b14-8+. The number of nitrogens with zero attached hydrogens (tertiary/aromatic N) is 1. The van der Waals surface area contributed by atoms with Crippen LogP contribution in [0.4, 0.5) is 5.69 Å². The minimum absolute atomic E-state index is 0.0180. The van der Waals surface area contributed by atoms with Gasteiger partial charge in [0, 0.05) is 15.6 Å². The topological polar surface area (TPSA) is 58.6 Å². The van der Waals surface area contributed by atoms with Crippen molar-refractivity contribution in [3.05, 3.63) is 63.6 Å². The van der Waals surface area contributed by atoms with Crippen molar-refractivity contribution < 1.29 is 14.3 Å². The minimum Gasteiger partial charge on any atom is -0.496 e. The van der Waals surface area contributed by atoms with E-state index in [0.717, 1.165) is 5.01 Å². The molecule has 5 nitrogen and oxygen atoms in total. The monoisotopic (exact) mass is 362 g/mol. The van der Waals surface area contributed by atoms with Gasteiger partial charge in [0.1, 0.15) is 11.3 Å². The number of amides is 2. The van der Waals surface area contributed by atoms with E-state index in [9.17, 15) is 9.59 Å². The lowest BCUT2D eigenvalue weighted by molar-refractivity contribution is -0.117. The first-order valence-corrected chi connectivity index (χ1v) is 7.71. The van der Waals surface area contributed by atoms with Gasteiger partial charge < -0.3 is 4.74 Å². The second kappa shape index (κ2) is 6.55. The largest absolute Gasteiger partial charge is 0.496 e. The number of rotatable bonds is 3. The van der Waals surface area contributed by atoms with Gasteiger partial charge in [-0.3, -0.25) is 15.0 Å². The molecule has 1 saturated heterocycles. The summed E-state index contributed by atoms with van der Waals surface area (Å²) in [6.07, 6.45) is 1.45. The fourth-order valence-electron chi connectivity index (χ4n) is 2.33. The molecule has 0 spiro atoms. The van der Waals surface area contributed by atoms with Gasteiger partial charge in [-0.25, -0.2) is 5.01 Å². The number of hydrogen-bond acceptors (Lipinski definition) is 3. The SMILES string of the molecule is COc1ccc(Cl)cc1/C=C1\C(=O)NN(c2cccc(Cl)c2)C1=O. The Bertz CT molecular complexity index is 865. The zero-order valence-corrected chi connectivity index (χ0v) is 14.1. The highest BCUT2D eigenvalue weighted by Crippen LogP contribution is 2.28. The molecule has 2 aromatic rings. The maximum atomic E-state index is 12.6. The van der Waals surface area contributed by atoms with E-state index < -0.39 is 11.8 Å². The van der Waals surface area contributed by atoms with Gasteiger partial charge in [0.2, 0.25) is 0 Å². The van der Waals surface area contributed by atoms with Crippen molar-refractivity contribution in [1.82, 2.24) is 5.43 Å². The third-order valence-electron chi connectivity index (χ3n) is 3.45. The van der Waals surface area contributed by atoms with E-state index in [1.807, 2.05) is 0 Å². The molecule has 0 aromatic heterocycles. The van der Waals surface area contributed by atoms with Gasteiger partial charge in [-0.1, -0.05) is 29.3 Å². The van der Waals surface area contributed by atoms with Crippen LogP contribution in [0.2, 0.25) is 10.0 Å². The maximum absolute atomic E-state index is 12.6. The molecule has 0 saturated carbocycles.